The molecule has 23 heavy (non-hydrogen) atoms. The zero-order valence-electron chi connectivity index (χ0n) is 11.8. The van der Waals surface area contributed by atoms with E-state index in [0.717, 1.165) is 12.3 Å². The van der Waals surface area contributed by atoms with E-state index >= 15 is 0 Å². The molecule has 0 spiro atoms. The molecule has 0 bridgehead atoms. The van der Waals surface area contributed by atoms with Crippen LogP contribution in [0.1, 0.15) is 11.9 Å². The molecule has 1 N–H and O–H groups in total. The number of aliphatic carboxylic acids is 1. The molecule has 1 unspecified atom stereocenters. The Morgan fingerprint density at radius 1 is 1.43 bits per heavy atom. The van der Waals surface area contributed by atoms with Crippen LogP contribution in [0.25, 0.3) is 11.1 Å². The van der Waals surface area contributed by atoms with E-state index in [1.807, 2.05) is 6.07 Å². The Morgan fingerprint density at radius 2 is 2.13 bits per heavy atom. The summed E-state index contributed by atoms with van der Waals surface area (Å²) in [6.45, 7) is 0. The molecular weight excluding hydrogens is 327 g/mol. The Kier molecular flexibility index (Phi) is 4.67. The van der Waals surface area contributed by atoms with Crippen molar-refractivity contribution in [1.29, 1.82) is 5.26 Å². The van der Waals surface area contributed by atoms with Gasteiger partial charge < -0.3 is 9.84 Å². The van der Waals surface area contributed by atoms with Crippen LogP contribution in [0, 0.1) is 11.3 Å². The Morgan fingerprint density at radius 3 is 2.70 bits per heavy atom. The summed E-state index contributed by atoms with van der Waals surface area (Å²) >= 11 is 5.91. The minimum Gasteiger partial charge on any atom is -0.495 e. The number of aromatic nitrogens is 1. The predicted molar refractivity (Wildman–Crippen MR) is 80.2 cm³/mol. The van der Waals surface area contributed by atoms with Crippen LogP contribution in [0.15, 0.2) is 35.3 Å². The zero-order chi connectivity index (χ0) is 17.1. The number of rotatable bonds is 4. The number of carbonyl (C=O) groups is 1. The minimum absolute atomic E-state index is 0.0345. The van der Waals surface area contributed by atoms with Gasteiger partial charge in [-0.25, -0.2) is 9.18 Å². The second-order valence-electron chi connectivity index (χ2n) is 4.48. The smallest absolute Gasteiger partial charge is 0.360 e. The van der Waals surface area contributed by atoms with Gasteiger partial charge in [0.15, 0.2) is 0 Å². The summed E-state index contributed by atoms with van der Waals surface area (Å²) in [5, 5.41) is 18.2. The lowest BCUT2D eigenvalue weighted by Crippen LogP contribution is -2.26. The summed E-state index contributed by atoms with van der Waals surface area (Å²) in [5.74, 6) is -1.77. The highest BCUT2D eigenvalue weighted by Gasteiger charge is 2.22. The van der Waals surface area contributed by atoms with Gasteiger partial charge in [-0.2, -0.15) is 5.26 Å². The molecule has 0 aliphatic carbocycles. The highest BCUT2D eigenvalue weighted by Crippen LogP contribution is 2.33. The molecule has 2 rings (SSSR count). The standard InChI is InChI=1S/C15H10ClFN2O4/c1-23-12-7-19(14(17)15(21)22)13(20)5-11(12)10-4-9(16)3-2-8(10)6-18/h2-5,7,14H,1H3,(H,21,22). The van der Waals surface area contributed by atoms with Crippen LogP contribution in [-0.4, -0.2) is 22.8 Å². The second-order valence-corrected chi connectivity index (χ2v) is 4.91. The summed E-state index contributed by atoms with van der Waals surface area (Å²) < 4.78 is 19.1. The monoisotopic (exact) mass is 336 g/mol. The average molecular weight is 337 g/mol. The van der Waals surface area contributed by atoms with Gasteiger partial charge in [-0.1, -0.05) is 11.6 Å². The molecule has 0 amide bonds. The summed E-state index contributed by atoms with van der Waals surface area (Å²) in [6, 6.07) is 7.40. The lowest BCUT2D eigenvalue weighted by molar-refractivity contribution is -0.146. The zero-order valence-corrected chi connectivity index (χ0v) is 12.5. The van der Waals surface area contributed by atoms with Gasteiger partial charge in [0.2, 0.25) is 0 Å². The summed E-state index contributed by atoms with van der Waals surface area (Å²) in [4.78, 5) is 22.7. The van der Waals surface area contributed by atoms with Crippen LogP contribution < -0.4 is 10.3 Å². The van der Waals surface area contributed by atoms with Crippen molar-refractivity contribution in [2.45, 2.75) is 6.30 Å². The molecule has 0 aliphatic rings. The molecule has 0 fully saturated rings. The number of benzene rings is 1. The molecule has 8 heteroatoms. The first-order valence-electron chi connectivity index (χ1n) is 6.26. The van der Waals surface area contributed by atoms with Crippen molar-refractivity contribution in [3.63, 3.8) is 0 Å². The average Bonchev–Trinajstić information content (AvgIpc) is 2.53. The lowest BCUT2D eigenvalue weighted by Gasteiger charge is -2.14. The highest BCUT2D eigenvalue weighted by molar-refractivity contribution is 6.31. The number of methoxy groups -OCH3 is 1. The van der Waals surface area contributed by atoms with Gasteiger partial charge in [0, 0.05) is 22.2 Å². The van der Waals surface area contributed by atoms with E-state index in [1.54, 1.807) is 0 Å². The van der Waals surface area contributed by atoms with Crippen LogP contribution in [0.4, 0.5) is 4.39 Å². The Balaban J connectivity index is 2.73. The largest absolute Gasteiger partial charge is 0.495 e. The molecule has 118 valence electrons. The van der Waals surface area contributed by atoms with Crippen LogP contribution in [0.5, 0.6) is 5.75 Å². The van der Waals surface area contributed by atoms with Crippen LogP contribution in [-0.2, 0) is 4.79 Å². The van der Waals surface area contributed by atoms with E-state index in [1.165, 1.54) is 25.3 Å². The van der Waals surface area contributed by atoms with Gasteiger partial charge in [-0.05, 0) is 18.2 Å². The number of alkyl halides is 1. The molecule has 2 aromatic rings. The van der Waals surface area contributed by atoms with Crippen molar-refractivity contribution >= 4 is 17.6 Å². The molecular formula is C15H10ClFN2O4. The lowest BCUT2D eigenvalue weighted by atomic mass is 10.0. The third-order valence-corrected chi connectivity index (χ3v) is 3.34. The van der Waals surface area contributed by atoms with Crippen molar-refractivity contribution < 1.29 is 19.0 Å². The number of ether oxygens (including phenoxy) is 1. The number of nitriles is 1. The van der Waals surface area contributed by atoms with E-state index in [0.29, 0.717) is 15.2 Å². The fourth-order valence-electron chi connectivity index (χ4n) is 2.03. The number of hydrogen-bond acceptors (Lipinski definition) is 4. The molecule has 0 saturated carbocycles. The van der Waals surface area contributed by atoms with Crippen LogP contribution in [0.3, 0.4) is 0 Å². The van der Waals surface area contributed by atoms with Gasteiger partial charge in [0.1, 0.15) is 5.75 Å². The highest BCUT2D eigenvalue weighted by atomic mass is 35.5. The molecule has 1 aromatic heterocycles. The first-order valence-corrected chi connectivity index (χ1v) is 6.64. The minimum atomic E-state index is -2.54. The SMILES string of the molecule is COc1cn(C(F)C(=O)O)c(=O)cc1-c1cc(Cl)ccc1C#N. The number of nitrogens with zero attached hydrogens (tertiary/aromatic N) is 2. The number of hydrogen-bond donors (Lipinski definition) is 1. The summed E-state index contributed by atoms with van der Waals surface area (Å²) in [5.41, 5.74) is -0.114. The van der Waals surface area contributed by atoms with Crippen LogP contribution in [0.2, 0.25) is 5.02 Å². The molecule has 1 heterocycles. The first kappa shape index (κ1) is 16.5. The number of carboxylic acids is 1. The Labute approximate surface area is 134 Å². The predicted octanol–water partition coefficient (Wildman–Crippen LogP) is 2.60. The van der Waals surface area contributed by atoms with Crippen molar-refractivity contribution in [1.82, 2.24) is 4.57 Å². The van der Waals surface area contributed by atoms with E-state index in [4.69, 9.17) is 26.7 Å². The maximum Gasteiger partial charge on any atom is 0.360 e. The van der Waals surface area contributed by atoms with Gasteiger partial charge in [0.05, 0.1) is 24.9 Å². The molecule has 1 atom stereocenters. The molecule has 0 aliphatic heterocycles. The fraction of sp³-hybridized carbons (Fsp3) is 0.133. The van der Waals surface area contributed by atoms with E-state index in [9.17, 15) is 14.0 Å². The Bertz CT molecular complexity index is 873. The summed E-state index contributed by atoms with van der Waals surface area (Å²) in [6.07, 6.45) is -1.60. The molecule has 6 nitrogen and oxygen atoms in total. The third kappa shape index (κ3) is 3.17. The molecule has 1 aromatic carbocycles. The van der Waals surface area contributed by atoms with Crippen molar-refractivity contribution in [2.75, 3.05) is 7.11 Å². The molecule has 0 saturated heterocycles. The Hall–Kier alpha value is -2.85. The second kappa shape index (κ2) is 6.50. The first-order chi connectivity index (χ1) is 10.9. The number of pyridine rings is 1. The third-order valence-electron chi connectivity index (χ3n) is 3.10. The molecule has 0 radical (unpaired) electrons. The van der Waals surface area contributed by atoms with Gasteiger partial charge in [-0.15, -0.1) is 0 Å². The normalized spacial score (nSPS) is 11.6. The van der Waals surface area contributed by atoms with E-state index in [-0.39, 0.29) is 16.9 Å². The summed E-state index contributed by atoms with van der Waals surface area (Å²) in [7, 11) is 1.28. The maximum atomic E-state index is 13.6. The maximum absolute atomic E-state index is 13.6. The van der Waals surface area contributed by atoms with E-state index in [2.05, 4.69) is 0 Å². The van der Waals surface area contributed by atoms with Crippen LogP contribution >= 0.6 is 11.6 Å². The topological polar surface area (TPSA) is 92.3 Å². The number of carboxylic acid groups (broad SMARTS) is 1. The number of halogens is 2. The van der Waals surface area contributed by atoms with E-state index < -0.39 is 17.8 Å². The van der Waals surface area contributed by atoms with Gasteiger partial charge >= 0.3 is 5.97 Å². The quantitative estimate of drug-likeness (QED) is 0.926. The van der Waals surface area contributed by atoms with Crippen molar-refractivity contribution in [3.05, 3.63) is 51.4 Å². The fourth-order valence-corrected chi connectivity index (χ4v) is 2.21. The van der Waals surface area contributed by atoms with Crippen molar-refractivity contribution in [2.24, 2.45) is 0 Å². The van der Waals surface area contributed by atoms with Gasteiger partial charge in [-0.3, -0.25) is 9.36 Å². The van der Waals surface area contributed by atoms with Crippen molar-refractivity contribution in [3.8, 4) is 22.9 Å². The van der Waals surface area contributed by atoms with Gasteiger partial charge in [0.25, 0.3) is 11.9 Å².